The van der Waals surface area contributed by atoms with E-state index in [1.54, 1.807) is 18.2 Å². The van der Waals surface area contributed by atoms with Gasteiger partial charge in [-0.2, -0.15) is 0 Å². The first-order chi connectivity index (χ1) is 9.56. The zero-order chi connectivity index (χ0) is 14.7. The second-order valence-electron chi connectivity index (χ2n) is 4.62. The van der Waals surface area contributed by atoms with E-state index in [-0.39, 0.29) is 18.9 Å². The van der Waals surface area contributed by atoms with Gasteiger partial charge in [-0.05, 0) is 18.6 Å². The van der Waals surface area contributed by atoms with Crippen LogP contribution in [0.4, 0.5) is 5.69 Å². The molecule has 2 rings (SSSR count). The van der Waals surface area contributed by atoms with Crippen LogP contribution < -0.4 is 14.4 Å². The van der Waals surface area contributed by atoms with Crippen molar-refractivity contribution in [2.45, 2.75) is 12.8 Å². The van der Waals surface area contributed by atoms with E-state index in [2.05, 4.69) is 0 Å². The van der Waals surface area contributed by atoms with Crippen molar-refractivity contribution >= 4 is 17.6 Å². The van der Waals surface area contributed by atoms with Crippen LogP contribution in [0.3, 0.4) is 0 Å². The fourth-order valence-corrected chi connectivity index (χ4v) is 2.29. The monoisotopic (exact) mass is 279 g/mol. The lowest BCUT2D eigenvalue weighted by molar-refractivity contribution is -0.142. The minimum Gasteiger partial charge on any atom is -0.497 e. The van der Waals surface area contributed by atoms with Gasteiger partial charge in [-0.3, -0.25) is 9.59 Å². The maximum absolute atomic E-state index is 12.1. The molecule has 0 saturated carbocycles. The summed E-state index contributed by atoms with van der Waals surface area (Å²) in [5.41, 5.74) is 0.544. The lowest BCUT2D eigenvalue weighted by Gasteiger charge is -2.31. The molecule has 1 saturated heterocycles. The quantitative estimate of drug-likeness (QED) is 0.904. The van der Waals surface area contributed by atoms with E-state index in [9.17, 15) is 9.59 Å². The second-order valence-corrected chi connectivity index (χ2v) is 4.62. The number of rotatable bonds is 4. The van der Waals surface area contributed by atoms with Crippen molar-refractivity contribution in [3.05, 3.63) is 18.2 Å². The van der Waals surface area contributed by atoms with Gasteiger partial charge in [-0.25, -0.2) is 0 Å². The molecule has 1 atom stereocenters. The molecule has 1 heterocycles. The van der Waals surface area contributed by atoms with Crippen LogP contribution in [0.1, 0.15) is 12.8 Å². The van der Waals surface area contributed by atoms with Gasteiger partial charge in [0.25, 0.3) is 0 Å². The Kier molecular flexibility index (Phi) is 4.12. The van der Waals surface area contributed by atoms with Gasteiger partial charge in [-0.15, -0.1) is 0 Å². The number of nitrogens with zero attached hydrogens (tertiary/aromatic N) is 1. The molecule has 0 radical (unpaired) electrons. The van der Waals surface area contributed by atoms with E-state index >= 15 is 0 Å². The van der Waals surface area contributed by atoms with Crippen molar-refractivity contribution in [1.82, 2.24) is 0 Å². The molecule has 0 aromatic heterocycles. The number of benzene rings is 1. The van der Waals surface area contributed by atoms with Gasteiger partial charge in [-0.1, -0.05) is 0 Å². The third kappa shape index (κ3) is 2.68. The Morgan fingerprint density at radius 2 is 2.10 bits per heavy atom. The average Bonchev–Trinajstić information content (AvgIpc) is 2.46. The number of methoxy groups -OCH3 is 2. The summed E-state index contributed by atoms with van der Waals surface area (Å²) in [5, 5.41) is 9.12. The summed E-state index contributed by atoms with van der Waals surface area (Å²) < 4.78 is 10.4. The Labute approximate surface area is 116 Å². The number of piperidine rings is 1. The average molecular weight is 279 g/mol. The number of hydrogen-bond donors (Lipinski definition) is 1. The topological polar surface area (TPSA) is 76.1 Å². The van der Waals surface area contributed by atoms with Crippen LogP contribution in [0.2, 0.25) is 0 Å². The molecule has 1 aliphatic heterocycles. The second kappa shape index (κ2) is 5.81. The Bertz CT molecular complexity index is 528. The summed E-state index contributed by atoms with van der Waals surface area (Å²) in [5.74, 6) is -0.432. The molecule has 1 unspecified atom stereocenters. The molecule has 108 valence electrons. The van der Waals surface area contributed by atoms with Gasteiger partial charge in [0.15, 0.2) is 0 Å². The number of anilines is 1. The number of carboxylic acids is 1. The highest BCUT2D eigenvalue weighted by molar-refractivity contribution is 5.97. The molecule has 1 aromatic rings. The molecule has 0 spiro atoms. The lowest BCUT2D eigenvalue weighted by Crippen LogP contribution is -2.42. The smallest absolute Gasteiger partial charge is 0.308 e. The summed E-state index contributed by atoms with van der Waals surface area (Å²) in [6.45, 7) is 0.150. The predicted molar refractivity (Wildman–Crippen MR) is 72.3 cm³/mol. The van der Waals surface area contributed by atoms with Gasteiger partial charge in [0, 0.05) is 19.0 Å². The molecule has 1 aromatic carbocycles. The molecule has 1 N–H and O–H groups in total. The van der Waals surface area contributed by atoms with Gasteiger partial charge in [0.05, 0.1) is 25.8 Å². The van der Waals surface area contributed by atoms with Crippen molar-refractivity contribution in [2.24, 2.45) is 5.92 Å². The Hall–Kier alpha value is -2.24. The van der Waals surface area contributed by atoms with Crippen LogP contribution in [-0.2, 0) is 9.59 Å². The van der Waals surface area contributed by atoms with Crippen LogP contribution in [0.25, 0.3) is 0 Å². The SMILES string of the molecule is COc1ccc(OC)c(N2CC(C(=O)O)CCC2=O)c1. The van der Waals surface area contributed by atoms with E-state index < -0.39 is 11.9 Å². The van der Waals surface area contributed by atoms with Crippen LogP contribution in [0.15, 0.2) is 18.2 Å². The van der Waals surface area contributed by atoms with E-state index in [1.165, 1.54) is 19.1 Å². The van der Waals surface area contributed by atoms with Crippen LogP contribution in [-0.4, -0.2) is 37.7 Å². The summed E-state index contributed by atoms with van der Waals surface area (Å²) in [6, 6.07) is 5.11. The van der Waals surface area contributed by atoms with Crippen molar-refractivity contribution in [1.29, 1.82) is 0 Å². The summed E-state index contributed by atoms with van der Waals surface area (Å²) >= 11 is 0. The molecule has 1 aliphatic rings. The largest absolute Gasteiger partial charge is 0.497 e. The third-order valence-corrected chi connectivity index (χ3v) is 3.44. The van der Waals surface area contributed by atoms with Gasteiger partial charge < -0.3 is 19.5 Å². The van der Waals surface area contributed by atoms with Crippen LogP contribution in [0, 0.1) is 5.92 Å². The number of amides is 1. The number of carboxylic acid groups (broad SMARTS) is 1. The lowest BCUT2D eigenvalue weighted by atomic mass is 9.97. The third-order valence-electron chi connectivity index (χ3n) is 3.44. The van der Waals surface area contributed by atoms with Gasteiger partial charge >= 0.3 is 5.97 Å². The summed E-state index contributed by atoms with van der Waals surface area (Å²) in [4.78, 5) is 24.7. The Morgan fingerprint density at radius 3 is 2.70 bits per heavy atom. The molecule has 0 aliphatic carbocycles. The highest BCUT2D eigenvalue weighted by Crippen LogP contribution is 2.35. The van der Waals surface area contributed by atoms with E-state index in [4.69, 9.17) is 14.6 Å². The van der Waals surface area contributed by atoms with Crippen LogP contribution >= 0.6 is 0 Å². The minimum atomic E-state index is -0.885. The highest BCUT2D eigenvalue weighted by Gasteiger charge is 2.32. The number of carbonyl (C=O) groups is 2. The molecule has 6 heteroatoms. The zero-order valence-corrected chi connectivity index (χ0v) is 11.5. The Balaban J connectivity index is 2.36. The normalized spacial score (nSPS) is 18.8. The van der Waals surface area contributed by atoms with Gasteiger partial charge in [0.2, 0.25) is 5.91 Å². The predicted octanol–water partition coefficient (Wildman–Crippen LogP) is 1.53. The maximum atomic E-state index is 12.1. The Morgan fingerprint density at radius 1 is 1.35 bits per heavy atom. The fourth-order valence-electron chi connectivity index (χ4n) is 2.29. The maximum Gasteiger partial charge on any atom is 0.308 e. The van der Waals surface area contributed by atoms with E-state index in [1.807, 2.05) is 0 Å². The zero-order valence-electron chi connectivity index (χ0n) is 11.5. The van der Waals surface area contributed by atoms with Crippen molar-refractivity contribution in [3.8, 4) is 11.5 Å². The number of ether oxygens (including phenoxy) is 2. The molecule has 1 amide bonds. The highest BCUT2D eigenvalue weighted by atomic mass is 16.5. The first-order valence-electron chi connectivity index (χ1n) is 6.32. The van der Waals surface area contributed by atoms with Crippen LogP contribution in [0.5, 0.6) is 11.5 Å². The van der Waals surface area contributed by atoms with Crippen molar-refractivity contribution in [3.63, 3.8) is 0 Å². The standard InChI is InChI=1S/C14H17NO5/c1-19-10-4-5-12(20-2)11(7-10)15-8-9(14(17)18)3-6-13(15)16/h4-5,7,9H,3,6,8H2,1-2H3,(H,17,18). The molecule has 1 fully saturated rings. The first-order valence-corrected chi connectivity index (χ1v) is 6.32. The van der Waals surface area contributed by atoms with E-state index in [0.717, 1.165) is 0 Å². The molecule has 0 bridgehead atoms. The minimum absolute atomic E-state index is 0.103. The molecular weight excluding hydrogens is 262 g/mol. The summed E-state index contributed by atoms with van der Waals surface area (Å²) in [6.07, 6.45) is 0.592. The molecule has 20 heavy (non-hydrogen) atoms. The van der Waals surface area contributed by atoms with Crippen molar-refractivity contribution < 1.29 is 24.2 Å². The first kappa shape index (κ1) is 14.2. The molecule has 6 nitrogen and oxygen atoms in total. The number of carbonyl (C=O) groups excluding carboxylic acids is 1. The van der Waals surface area contributed by atoms with Crippen molar-refractivity contribution in [2.75, 3.05) is 25.7 Å². The van der Waals surface area contributed by atoms with Gasteiger partial charge in [0.1, 0.15) is 11.5 Å². The fraction of sp³-hybridized carbons (Fsp3) is 0.429. The van der Waals surface area contributed by atoms with E-state index in [0.29, 0.717) is 23.6 Å². The number of hydrogen-bond acceptors (Lipinski definition) is 4. The number of aliphatic carboxylic acids is 1. The molecular formula is C14H17NO5. The summed E-state index contributed by atoms with van der Waals surface area (Å²) in [7, 11) is 3.04.